The first-order valence-corrected chi connectivity index (χ1v) is 39.9. The molecule has 25 nitrogen and oxygen atoms in total. The number of carbonyl (C=O) groups is 12. The maximum Gasteiger partial charge on any atom is 0.391 e. The van der Waals surface area contributed by atoms with Crippen LogP contribution in [0, 0.1) is 29.6 Å². The van der Waals surface area contributed by atoms with E-state index in [9.17, 15) is 32.3 Å². The fourth-order valence-electron chi connectivity index (χ4n) is 16.9. The van der Waals surface area contributed by atoms with Gasteiger partial charge in [-0.05, 0) is 146 Å². The van der Waals surface area contributed by atoms with E-state index >= 15 is 38.4 Å². The van der Waals surface area contributed by atoms with Crippen molar-refractivity contribution in [1.82, 2.24) is 60.0 Å². The van der Waals surface area contributed by atoms with Crippen LogP contribution in [-0.4, -0.2) is 281 Å². The summed E-state index contributed by atoms with van der Waals surface area (Å²) in [6.07, 6.45) is 6.84. The molecule has 0 aromatic carbocycles. The molecule has 7 rings (SSSR count). The number of alkyl halides is 5. The molecule has 0 radical (unpaired) electrons. The van der Waals surface area contributed by atoms with Crippen LogP contribution in [0.15, 0.2) is 12.2 Å². The van der Waals surface area contributed by atoms with Crippen molar-refractivity contribution in [2.45, 2.75) is 278 Å². The van der Waals surface area contributed by atoms with E-state index in [-0.39, 0.29) is 113 Å². The zero-order valence-electron chi connectivity index (χ0n) is 64.7. The van der Waals surface area contributed by atoms with Crippen LogP contribution in [0.5, 0.6) is 0 Å². The molecule has 7 aliphatic rings. The number of nitrogens with zero attached hydrogens (tertiary/aromatic N) is 9. The Morgan fingerprint density at radius 2 is 1.31 bits per heavy atom. The third-order valence-electron chi connectivity index (χ3n) is 24.1. The highest BCUT2D eigenvalue weighted by Gasteiger charge is 2.54. The molecule has 2 bridgehead atoms. The molecule has 13 atom stereocenters. The van der Waals surface area contributed by atoms with Crippen LogP contribution >= 0.6 is 23.2 Å². The molecule has 1 spiro atoms. The predicted octanol–water partition coefficient (Wildman–Crippen LogP) is 7.03. The smallest absolute Gasteiger partial charge is 0.377 e. The Morgan fingerprint density at radius 1 is 0.651 bits per heavy atom. The lowest BCUT2D eigenvalue weighted by atomic mass is 9.74. The number of halogens is 5. The number of fused-ring (bicyclic) bond motifs is 3. The Kier molecular flexibility index (Phi) is 32.3. The average molecular weight is 1540 g/mol. The molecule has 598 valence electrons. The van der Waals surface area contributed by atoms with Crippen LogP contribution in [0.4, 0.5) is 13.2 Å². The summed E-state index contributed by atoms with van der Waals surface area (Å²) >= 11 is 13.3. The Balaban J connectivity index is 1.32. The van der Waals surface area contributed by atoms with Crippen LogP contribution < -0.4 is 16.0 Å². The quantitative estimate of drug-likeness (QED) is 0.0797. The van der Waals surface area contributed by atoms with E-state index in [0.29, 0.717) is 64.2 Å². The number of unbranched alkanes of at least 4 members (excludes halogenated alkanes) is 3. The van der Waals surface area contributed by atoms with Crippen molar-refractivity contribution in [1.29, 1.82) is 0 Å². The van der Waals surface area contributed by atoms with E-state index in [1.807, 2.05) is 13.8 Å². The van der Waals surface area contributed by atoms with Gasteiger partial charge in [-0.3, -0.25) is 57.5 Å². The lowest BCUT2D eigenvalue weighted by molar-refractivity contribution is -0.184. The van der Waals surface area contributed by atoms with Gasteiger partial charge < -0.3 is 64.8 Å². The Morgan fingerprint density at radius 3 is 1.92 bits per heavy atom. The fourth-order valence-corrected chi connectivity index (χ4v) is 17.5. The second-order valence-corrected chi connectivity index (χ2v) is 32.8. The number of amides is 12. The Bertz CT molecular complexity index is 3110. The summed E-state index contributed by atoms with van der Waals surface area (Å²) in [5, 5.41) is 8.26. The van der Waals surface area contributed by atoms with Gasteiger partial charge in [0.15, 0.2) is 0 Å². The molecule has 30 heteroatoms. The molecule has 4 aliphatic carbocycles. The maximum atomic E-state index is 15.6. The van der Waals surface area contributed by atoms with E-state index in [0.717, 1.165) is 35.5 Å². The normalized spacial score (nSPS) is 31.4. The molecule has 12 amide bonds. The first-order chi connectivity index (χ1) is 50.1. The van der Waals surface area contributed by atoms with E-state index in [1.54, 1.807) is 26.0 Å². The summed E-state index contributed by atoms with van der Waals surface area (Å²) in [5.41, 5.74) is -1.55. The second kappa shape index (κ2) is 39.4. The largest absolute Gasteiger partial charge is 0.391 e. The van der Waals surface area contributed by atoms with Gasteiger partial charge in [-0.1, -0.05) is 77.9 Å². The second-order valence-electron chi connectivity index (χ2n) is 31.6. The van der Waals surface area contributed by atoms with Crippen LogP contribution in [-0.2, 0) is 62.3 Å². The van der Waals surface area contributed by atoms with Crippen molar-refractivity contribution in [3.8, 4) is 0 Å². The minimum atomic E-state index is -4.44. The number of nitrogens with one attached hydrogen (secondary N) is 3. The highest BCUT2D eigenvalue weighted by Crippen LogP contribution is 2.43. The van der Waals surface area contributed by atoms with Crippen molar-refractivity contribution in [2.24, 2.45) is 29.6 Å². The molecule has 6 fully saturated rings. The predicted molar refractivity (Wildman–Crippen MR) is 395 cm³/mol. The molecule has 3 unspecified atom stereocenters. The molecular formula is C76H121Cl2F3N12O13. The first kappa shape index (κ1) is 86.9. The number of hydrogen-bond donors (Lipinski definition) is 3. The van der Waals surface area contributed by atoms with Gasteiger partial charge in [-0.15, -0.1) is 23.2 Å². The van der Waals surface area contributed by atoms with Crippen molar-refractivity contribution >= 4 is 94.1 Å². The van der Waals surface area contributed by atoms with Crippen molar-refractivity contribution < 1.29 is 75.4 Å². The number of likely N-dealkylation sites (N-methyl/N-ethyl adjacent to an activating group) is 7. The van der Waals surface area contributed by atoms with Gasteiger partial charge in [0.1, 0.15) is 53.9 Å². The van der Waals surface area contributed by atoms with Crippen LogP contribution in [0.25, 0.3) is 0 Å². The monoisotopic (exact) mass is 1540 g/mol. The van der Waals surface area contributed by atoms with Gasteiger partial charge in [0.25, 0.3) is 0 Å². The van der Waals surface area contributed by atoms with Gasteiger partial charge in [0.2, 0.25) is 70.9 Å². The van der Waals surface area contributed by atoms with Gasteiger partial charge in [0.05, 0.1) is 36.9 Å². The standard InChI is InChI=1S/C76H121Cl2F3N12O13/c1-13-16-17-19-27-56-66(97)83-64(47(4)14-2)72(103)87(8)46-63(96)89(10)57-28-20-18-23-39-92(71(57)102)60(41-49-29-33-51(34-30-49)76(79,80)81)70(101)86(7)45-61(94)82-55(36-32-48-31-35-53(77)54(78)40-48)68(99)93-44-52(106-15-3)42-58(93)67(98)84-75(37-24-38-75)74(105)91(12)65(50-25-21-22-26-50)73(104)90(11)59(69(100)85(5)6)43-62(95)88(56)9/h18,20,47-60,64-65H,13-17,19,21-46H2,1-12H3,(H,82,94)(H,83,97)(H,84,98)/b20-18-/t47-,48?,49?,51?,52+,53?,54?,55-,56-,57-,58-,59-,60-,64-,65-/m0/s1. The zero-order chi connectivity index (χ0) is 78.2. The Labute approximate surface area is 635 Å². The summed E-state index contributed by atoms with van der Waals surface area (Å²) in [5.74, 6) is -11.0. The molecule has 3 heterocycles. The summed E-state index contributed by atoms with van der Waals surface area (Å²) in [7, 11) is 11.5. The number of rotatable bonds is 16. The minimum absolute atomic E-state index is 0.00885. The van der Waals surface area contributed by atoms with Gasteiger partial charge in [-0.2, -0.15) is 13.2 Å². The van der Waals surface area contributed by atoms with Gasteiger partial charge in [0, 0.05) is 87.9 Å². The van der Waals surface area contributed by atoms with E-state index in [1.165, 1.54) is 90.7 Å². The van der Waals surface area contributed by atoms with E-state index in [2.05, 4.69) is 16.0 Å². The molecule has 2 saturated heterocycles. The lowest BCUT2D eigenvalue weighted by Crippen LogP contribution is -2.68. The topological polar surface area (TPSA) is 279 Å². The first-order valence-electron chi connectivity index (χ1n) is 39.0. The van der Waals surface area contributed by atoms with Crippen LogP contribution in [0.1, 0.15) is 201 Å². The SMILES string of the molecule is CCCCCC[C@H]1C(=O)N[C@@H]([C@@H](C)CC)C(=O)N(C)CC(=O)N(C)[C@H]2C/C=C\CCN(C2=O)[C@@H](CC2CCC(C(F)(F)F)CC2)C(=O)N(C)CC(=O)N[C@@H](CCC2CCC(Cl)C(Cl)C2)C(=O)N2C[C@H](OCC)C[C@H]2C(=O)NC2(CCC2)C(=O)N(C)[C@@H](C2CCCC2)C(=O)N(C)[C@H](C(=O)N(C)C)CC(=O)N1C. The third-order valence-corrected chi connectivity index (χ3v) is 25.2. The third kappa shape index (κ3) is 21.8. The summed E-state index contributed by atoms with van der Waals surface area (Å²) in [4.78, 5) is 193. The summed E-state index contributed by atoms with van der Waals surface area (Å²) in [6, 6.07) is -10.2. The number of hydrogen-bond acceptors (Lipinski definition) is 13. The van der Waals surface area contributed by atoms with Crippen LogP contribution in [0.3, 0.4) is 0 Å². The van der Waals surface area contributed by atoms with Gasteiger partial charge in [-0.25, -0.2) is 0 Å². The molecule has 3 N–H and O–H groups in total. The molecule has 106 heavy (non-hydrogen) atoms. The van der Waals surface area contributed by atoms with E-state index in [4.69, 9.17) is 27.9 Å². The summed E-state index contributed by atoms with van der Waals surface area (Å²) < 4.78 is 48.6. The molecule has 0 aromatic rings. The van der Waals surface area contributed by atoms with Crippen molar-refractivity contribution in [3.05, 3.63) is 12.2 Å². The number of ether oxygens (including phenoxy) is 1. The number of carbonyl (C=O) groups excluding carboxylic acids is 12. The maximum absolute atomic E-state index is 15.6. The minimum Gasteiger partial charge on any atom is -0.377 e. The lowest BCUT2D eigenvalue weighted by Gasteiger charge is -2.46. The highest BCUT2D eigenvalue weighted by atomic mass is 35.5. The van der Waals surface area contributed by atoms with Crippen molar-refractivity contribution in [3.63, 3.8) is 0 Å². The molecule has 0 aromatic heterocycles. The molecule has 4 saturated carbocycles. The fraction of sp³-hybridized carbons (Fsp3) is 0.816. The Hall–Kier alpha value is -6.29. The van der Waals surface area contributed by atoms with Gasteiger partial charge >= 0.3 is 6.18 Å². The molecular weight excluding hydrogens is 1420 g/mol. The average Bonchev–Trinajstić information content (AvgIpc) is 0.830. The zero-order valence-corrected chi connectivity index (χ0v) is 66.3. The van der Waals surface area contributed by atoms with Crippen LogP contribution in [0.2, 0.25) is 0 Å². The molecule has 3 aliphatic heterocycles. The highest BCUT2D eigenvalue weighted by molar-refractivity contribution is 6.30. The summed E-state index contributed by atoms with van der Waals surface area (Å²) in [6.45, 7) is 6.21. The van der Waals surface area contributed by atoms with Crippen molar-refractivity contribution in [2.75, 3.05) is 89.2 Å². The van der Waals surface area contributed by atoms with E-state index < -0.39 is 180 Å².